The monoisotopic (exact) mass is 605 g/mol. The number of hydrogen-bond acceptors (Lipinski definition) is 4. The summed E-state index contributed by atoms with van der Waals surface area (Å²) in [6, 6.07) is 15.1. The Morgan fingerprint density at radius 3 is 2.74 bits per heavy atom. The molecule has 1 heterocycles. The van der Waals surface area contributed by atoms with Gasteiger partial charge in [0.15, 0.2) is 5.75 Å². The molecule has 0 spiro atoms. The molecule has 0 unspecified atom stereocenters. The molecule has 0 aliphatic rings. The van der Waals surface area contributed by atoms with Crippen molar-refractivity contribution in [3.8, 4) is 5.75 Å². The Balaban J connectivity index is 1.64. The highest BCUT2D eigenvalue weighted by Gasteiger charge is 2.12. The van der Waals surface area contributed by atoms with Gasteiger partial charge in [0.2, 0.25) is 0 Å². The van der Waals surface area contributed by atoms with E-state index in [-0.39, 0.29) is 18.0 Å². The minimum atomic E-state index is -0.328. The van der Waals surface area contributed by atoms with Gasteiger partial charge in [-0.1, -0.05) is 46.6 Å². The molecule has 0 aliphatic carbocycles. The number of ether oxygens (including phenoxy) is 1. The Kier molecular flexibility index (Phi) is 7.80. The lowest BCUT2D eigenvalue weighted by molar-refractivity contribution is 0.304. The highest BCUT2D eigenvalue weighted by molar-refractivity contribution is 9.10. The maximum atomic E-state index is 13.4. The van der Waals surface area contributed by atoms with Crippen molar-refractivity contribution < 1.29 is 9.13 Å². The largest absolute Gasteiger partial charge is 0.486 e. The third kappa shape index (κ3) is 5.56. The number of hydrogen-bond donors (Lipinski definition) is 0. The Labute approximate surface area is 217 Å². The molecule has 0 saturated carbocycles. The van der Waals surface area contributed by atoms with E-state index < -0.39 is 0 Å². The fourth-order valence-corrected chi connectivity index (χ4v) is 4.75. The second kappa shape index (κ2) is 10.8. The molecule has 0 atom stereocenters. The number of halogens is 4. The van der Waals surface area contributed by atoms with Crippen LogP contribution in [0.5, 0.6) is 5.75 Å². The molecular formula is C25H19Br2ClFN3O2. The molecule has 5 nitrogen and oxygen atoms in total. The molecule has 0 saturated heterocycles. The van der Waals surface area contributed by atoms with Crippen LogP contribution in [-0.4, -0.2) is 15.9 Å². The number of nitrogens with zero attached hydrogens (tertiary/aromatic N) is 3. The Morgan fingerprint density at radius 2 is 2.00 bits per heavy atom. The number of benzene rings is 3. The van der Waals surface area contributed by atoms with Crippen molar-refractivity contribution in [1.82, 2.24) is 9.66 Å². The first kappa shape index (κ1) is 24.6. The predicted octanol–water partition coefficient (Wildman–Crippen LogP) is 7.13. The SMILES string of the molecule is CCCc1nc2ccc(Br)cc2c(=O)n1N=Cc1cc(Cl)c(OCc2cccc(F)c2)c(Br)c1. The van der Waals surface area contributed by atoms with E-state index >= 15 is 0 Å². The number of aromatic nitrogens is 2. The molecule has 0 radical (unpaired) electrons. The van der Waals surface area contributed by atoms with Gasteiger partial charge in [-0.15, -0.1) is 0 Å². The molecule has 9 heteroatoms. The molecule has 0 amide bonds. The van der Waals surface area contributed by atoms with E-state index in [2.05, 4.69) is 41.9 Å². The first-order valence-corrected chi connectivity index (χ1v) is 12.4. The van der Waals surface area contributed by atoms with Crippen LogP contribution in [0, 0.1) is 5.82 Å². The van der Waals surface area contributed by atoms with Gasteiger partial charge in [-0.05, 0) is 75.9 Å². The molecular weight excluding hydrogens is 589 g/mol. The van der Waals surface area contributed by atoms with Crippen molar-refractivity contribution in [2.45, 2.75) is 26.4 Å². The van der Waals surface area contributed by atoms with Crippen LogP contribution in [0.4, 0.5) is 4.39 Å². The van der Waals surface area contributed by atoms with Crippen molar-refractivity contribution in [3.63, 3.8) is 0 Å². The van der Waals surface area contributed by atoms with E-state index in [4.69, 9.17) is 16.3 Å². The van der Waals surface area contributed by atoms with E-state index in [0.717, 1.165) is 10.9 Å². The zero-order valence-corrected chi connectivity index (χ0v) is 22.0. The maximum absolute atomic E-state index is 13.4. The number of fused-ring (bicyclic) bond motifs is 1. The van der Waals surface area contributed by atoms with Crippen LogP contribution in [0.2, 0.25) is 5.02 Å². The minimum absolute atomic E-state index is 0.164. The van der Waals surface area contributed by atoms with E-state index in [9.17, 15) is 9.18 Å². The van der Waals surface area contributed by atoms with Gasteiger partial charge < -0.3 is 4.74 Å². The summed E-state index contributed by atoms with van der Waals surface area (Å²) in [6.45, 7) is 2.18. The van der Waals surface area contributed by atoms with E-state index in [1.54, 1.807) is 36.5 Å². The Hall–Kier alpha value is -2.55. The van der Waals surface area contributed by atoms with Crippen molar-refractivity contribution in [2.24, 2.45) is 5.10 Å². The lowest BCUT2D eigenvalue weighted by Crippen LogP contribution is -2.22. The van der Waals surface area contributed by atoms with Gasteiger partial charge in [-0.25, -0.2) is 9.37 Å². The summed E-state index contributed by atoms with van der Waals surface area (Å²) in [5.74, 6) is 0.689. The molecule has 1 aromatic heterocycles. The molecule has 0 bridgehead atoms. The quantitative estimate of drug-likeness (QED) is 0.210. The zero-order chi connectivity index (χ0) is 24.2. The topological polar surface area (TPSA) is 56.5 Å². The minimum Gasteiger partial charge on any atom is -0.486 e. The third-order valence-corrected chi connectivity index (χ3v) is 6.33. The summed E-state index contributed by atoms with van der Waals surface area (Å²) in [5, 5.41) is 5.26. The van der Waals surface area contributed by atoms with Crippen molar-refractivity contribution >= 4 is 60.6 Å². The summed E-state index contributed by atoms with van der Waals surface area (Å²) in [5.41, 5.74) is 1.74. The lowest BCUT2D eigenvalue weighted by atomic mass is 10.2. The lowest BCUT2D eigenvalue weighted by Gasteiger charge is -2.12. The van der Waals surface area contributed by atoms with E-state index in [1.807, 2.05) is 19.1 Å². The van der Waals surface area contributed by atoms with Crippen LogP contribution in [0.15, 0.2) is 73.4 Å². The summed E-state index contributed by atoms with van der Waals surface area (Å²) >= 11 is 13.3. The maximum Gasteiger partial charge on any atom is 0.282 e. The van der Waals surface area contributed by atoms with Crippen LogP contribution in [0.3, 0.4) is 0 Å². The second-order valence-electron chi connectivity index (χ2n) is 7.53. The highest BCUT2D eigenvalue weighted by atomic mass is 79.9. The molecule has 0 fully saturated rings. The van der Waals surface area contributed by atoms with Crippen molar-refractivity contribution in [1.29, 1.82) is 0 Å². The van der Waals surface area contributed by atoms with Gasteiger partial charge in [0.25, 0.3) is 5.56 Å². The molecule has 4 aromatic rings. The second-order valence-corrected chi connectivity index (χ2v) is 9.71. The average molecular weight is 608 g/mol. The average Bonchev–Trinajstić information content (AvgIpc) is 2.79. The van der Waals surface area contributed by atoms with Gasteiger partial charge in [0.1, 0.15) is 18.2 Å². The Morgan fingerprint density at radius 1 is 1.18 bits per heavy atom. The van der Waals surface area contributed by atoms with Crippen LogP contribution < -0.4 is 10.3 Å². The number of aryl methyl sites for hydroxylation is 1. The molecule has 4 rings (SSSR count). The predicted molar refractivity (Wildman–Crippen MR) is 141 cm³/mol. The molecule has 174 valence electrons. The molecule has 0 N–H and O–H groups in total. The van der Waals surface area contributed by atoms with Crippen molar-refractivity contribution in [3.05, 3.63) is 102 Å². The summed E-state index contributed by atoms with van der Waals surface area (Å²) in [6.07, 6.45) is 2.98. The molecule has 0 aliphatic heterocycles. The standard InChI is InChI=1S/C25H19Br2ClFN3O2/c1-2-4-23-31-22-8-7-17(26)12-19(22)25(33)32(23)30-13-16-10-20(27)24(21(28)11-16)34-14-15-5-3-6-18(29)9-15/h3,5-13H,2,4,14H2,1H3. The first-order valence-electron chi connectivity index (χ1n) is 10.5. The van der Waals surface area contributed by atoms with Crippen LogP contribution >= 0.6 is 43.5 Å². The van der Waals surface area contributed by atoms with Gasteiger partial charge in [0.05, 0.1) is 26.6 Å². The third-order valence-electron chi connectivity index (χ3n) is 4.96. The summed E-state index contributed by atoms with van der Waals surface area (Å²) in [7, 11) is 0. The van der Waals surface area contributed by atoms with E-state index in [1.165, 1.54) is 16.8 Å². The smallest absolute Gasteiger partial charge is 0.282 e. The van der Waals surface area contributed by atoms with Crippen molar-refractivity contribution in [2.75, 3.05) is 0 Å². The zero-order valence-electron chi connectivity index (χ0n) is 18.1. The fraction of sp³-hybridized carbons (Fsp3) is 0.160. The molecule has 34 heavy (non-hydrogen) atoms. The van der Waals surface area contributed by atoms with Crippen LogP contribution in [0.1, 0.15) is 30.3 Å². The van der Waals surface area contributed by atoms with Gasteiger partial charge >= 0.3 is 0 Å². The van der Waals surface area contributed by atoms with Gasteiger partial charge in [0, 0.05) is 10.9 Å². The number of rotatable bonds is 7. The van der Waals surface area contributed by atoms with Gasteiger partial charge in [-0.3, -0.25) is 4.79 Å². The fourth-order valence-electron chi connectivity index (χ4n) is 3.40. The van der Waals surface area contributed by atoms with Crippen LogP contribution in [-0.2, 0) is 13.0 Å². The Bertz CT molecular complexity index is 1430. The normalized spacial score (nSPS) is 11.4. The summed E-state index contributed by atoms with van der Waals surface area (Å²) in [4.78, 5) is 17.8. The molecule has 3 aromatic carbocycles. The highest BCUT2D eigenvalue weighted by Crippen LogP contribution is 2.34. The van der Waals surface area contributed by atoms with Gasteiger partial charge in [-0.2, -0.15) is 9.78 Å². The summed E-state index contributed by atoms with van der Waals surface area (Å²) < 4.78 is 21.9. The van der Waals surface area contributed by atoms with E-state index in [0.29, 0.717) is 49.5 Å². The first-order chi connectivity index (χ1) is 16.4. The van der Waals surface area contributed by atoms with Crippen LogP contribution in [0.25, 0.3) is 10.9 Å².